The Morgan fingerprint density at radius 3 is 2.55 bits per heavy atom. The van der Waals surface area contributed by atoms with Gasteiger partial charge in [0, 0.05) is 18.7 Å². The molecule has 2 unspecified atom stereocenters. The molecule has 2 aromatic rings. The summed E-state index contributed by atoms with van der Waals surface area (Å²) in [6.45, 7) is 2.66. The smallest absolute Gasteiger partial charge is 0.269 e. The third-order valence-electron chi connectivity index (χ3n) is 5.61. The Morgan fingerprint density at radius 1 is 1.21 bits per heavy atom. The molecule has 4 N–H and O–H groups in total. The number of rotatable bonds is 5. The molecule has 2 atom stereocenters. The van der Waals surface area contributed by atoms with E-state index in [1.165, 1.54) is 24.6 Å². The summed E-state index contributed by atoms with van der Waals surface area (Å²) in [5.74, 6) is 0.414. The van der Waals surface area contributed by atoms with Gasteiger partial charge < -0.3 is 21.1 Å². The Kier molecular flexibility index (Phi) is 5.19. The maximum Gasteiger partial charge on any atom is 0.269 e. The minimum atomic E-state index is -0.639. The van der Waals surface area contributed by atoms with E-state index in [9.17, 15) is 14.7 Å². The summed E-state index contributed by atoms with van der Waals surface area (Å²) >= 11 is 0. The van der Waals surface area contributed by atoms with Gasteiger partial charge in [0.15, 0.2) is 0 Å². The fourth-order valence-electron chi connectivity index (χ4n) is 3.73. The highest BCUT2D eigenvalue weighted by Gasteiger charge is 2.30. The largest absolute Gasteiger partial charge is 0.391 e. The summed E-state index contributed by atoms with van der Waals surface area (Å²) in [7, 11) is 0. The van der Waals surface area contributed by atoms with Gasteiger partial charge in [-0.2, -0.15) is 0 Å². The highest BCUT2D eigenvalue weighted by molar-refractivity contribution is 5.94. The standard InChI is InChI=1S/C21H25N5O3/c1-12-19(20(22)28)23-10-18(24-12)26-9-8-17(27)16(11-26)25-21(29)15-6-4-14(5-7-15)13-2-3-13/h4-7,10,13,16-17,27H,2-3,8-9,11H2,1H3,(H2,22,28)(H,25,29). The van der Waals surface area contributed by atoms with Crippen molar-refractivity contribution in [3.63, 3.8) is 0 Å². The summed E-state index contributed by atoms with van der Waals surface area (Å²) < 4.78 is 0. The van der Waals surface area contributed by atoms with Gasteiger partial charge in [0.1, 0.15) is 11.5 Å². The van der Waals surface area contributed by atoms with Crippen molar-refractivity contribution >= 4 is 17.6 Å². The average molecular weight is 395 g/mol. The molecule has 1 saturated heterocycles. The van der Waals surface area contributed by atoms with Crippen molar-refractivity contribution in [1.82, 2.24) is 15.3 Å². The number of nitrogens with zero attached hydrogens (tertiary/aromatic N) is 3. The maximum atomic E-state index is 12.7. The third-order valence-corrected chi connectivity index (χ3v) is 5.61. The van der Waals surface area contributed by atoms with Crippen molar-refractivity contribution < 1.29 is 14.7 Å². The number of amides is 2. The Balaban J connectivity index is 1.43. The second-order valence-electron chi connectivity index (χ2n) is 7.80. The molecule has 1 saturated carbocycles. The van der Waals surface area contributed by atoms with Gasteiger partial charge in [0.2, 0.25) is 0 Å². The van der Waals surface area contributed by atoms with E-state index in [0.717, 1.165) is 0 Å². The molecule has 1 aromatic heterocycles. The van der Waals surface area contributed by atoms with Crippen molar-refractivity contribution in [3.8, 4) is 0 Å². The van der Waals surface area contributed by atoms with Crippen molar-refractivity contribution in [2.75, 3.05) is 18.0 Å². The molecule has 4 rings (SSSR count). The number of carbonyl (C=O) groups excluding carboxylic acids is 2. The van der Waals surface area contributed by atoms with Gasteiger partial charge in [0.05, 0.1) is 24.0 Å². The SMILES string of the molecule is Cc1nc(N2CCC(O)C(NC(=O)c3ccc(C4CC4)cc3)C2)cnc1C(N)=O. The quantitative estimate of drug-likeness (QED) is 0.698. The number of aryl methyl sites for hydroxylation is 1. The zero-order valence-corrected chi connectivity index (χ0v) is 16.3. The van der Waals surface area contributed by atoms with E-state index in [2.05, 4.69) is 15.3 Å². The number of carbonyl (C=O) groups is 2. The molecule has 2 aliphatic rings. The molecule has 2 heterocycles. The highest BCUT2D eigenvalue weighted by Crippen LogP contribution is 2.39. The van der Waals surface area contributed by atoms with Crippen LogP contribution in [0.2, 0.25) is 0 Å². The van der Waals surface area contributed by atoms with E-state index >= 15 is 0 Å². The van der Waals surface area contributed by atoms with Crippen molar-refractivity contribution in [1.29, 1.82) is 0 Å². The van der Waals surface area contributed by atoms with Gasteiger partial charge >= 0.3 is 0 Å². The summed E-state index contributed by atoms with van der Waals surface area (Å²) in [6, 6.07) is 7.27. The van der Waals surface area contributed by atoms with Crippen LogP contribution in [0.5, 0.6) is 0 Å². The van der Waals surface area contributed by atoms with Gasteiger partial charge in [-0.3, -0.25) is 9.59 Å². The van der Waals surface area contributed by atoms with E-state index < -0.39 is 18.1 Å². The number of primary amides is 1. The van der Waals surface area contributed by atoms with Crippen LogP contribution in [0.4, 0.5) is 5.82 Å². The predicted molar refractivity (Wildman–Crippen MR) is 108 cm³/mol. The van der Waals surface area contributed by atoms with E-state index in [4.69, 9.17) is 5.73 Å². The first-order chi connectivity index (χ1) is 13.9. The molecule has 0 bridgehead atoms. The molecule has 8 heteroatoms. The first-order valence-corrected chi connectivity index (χ1v) is 9.89. The first-order valence-electron chi connectivity index (χ1n) is 9.89. The zero-order chi connectivity index (χ0) is 20.5. The minimum absolute atomic E-state index is 0.144. The Bertz CT molecular complexity index is 926. The van der Waals surface area contributed by atoms with Gasteiger partial charge in [-0.1, -0.05) is 12.1 Å². The van der Waals surface area contributed by atoms with Gasteiger partial charge in [-0.05, 0) is 49.8 Å². The summed E-state index contributed by atoms with van der Waals surface area (Å²) in [5.41, 5.74) is 7.75. The average Bonchev–Trinajstić information content (AvgIpc) is 3.54. The summed E-state index contributed by atoms with van der Waals surface area (Å²) in [6.07, 6.45) is 3.79. The summed E-state index contributed by atoms with van der Waals surface area (Å²) in [4.78, 5) is 34.5. The lowest BCUT2D eigenvalue weighted by Crippen LogP contribution is -2.55. The number of nitrogens with two attached hydrogens (primary N) is 1. The zero-order valence-electron chi connectivity index (χ0n) is 16.3. The minimum Gasteiger partial charge on any atom is -0.391 e. The number of hydrogen-bond acceptors (Lipinski definition) is 6. The van der Waals surface area contributed by atoms with Gasteiger partial charge in [-0.15, -0.1) is 0 Å². The molecule has 152 valence electrons. The Hall–Kier alpha value is -3.00. The number of aliphatic hydroxyl groups is 1. The molecule has 1 aromatic carbocycles. The van der Waals surface area contributed by atoms with E-state index in [1.54, 1.807) is 6.92 Å². The normalized spacial score (nSPS) is 21.7. The van der Waals surface area contributed by atoms with Gasteiger partial charge in [-0.25, -0.2) is 9.97 Å². The van der Waals surface area contributed by atoms with Crippen molar-refractivity contribution in [2.45, 2.75) is 44.2 Å². The molecule has 29 heavy (non-hydrogen) atoms. The van der Waals surface area contributed by atoms with Crippen LogP contribution in [0.1, 0.15) is 57.3 Å². The lowest BCUT2D eigenvalue weighted by Gasteiger charge is -2.37. The van der Waals surface area contributed by atoms with E-state index in [1.807, 2.05) is 29.2 Å². The monoisotopic (exact) mass is 395 g/mol. The fraction of sp³-hybridized carbons (Fsp3) is 0.429. The van der Waals surface area contributed by atoms with E-state index in [-0.39, 0.29) is 11.6 Å². The third kappa shape index (κ3) is 4.22. The molecule has 0 spiro atoms. The lowest BCUT2D eigenvalue weighted by atomic mass is 10.0. The summed E-state index contributed by atoms with van der Waals surface area (Å²) in [5, 5.41) is 13.3. The fourth-order valence-corrected chi connectivity index (χ4v) is 3.73. The van der Waals surface area contributed by atoms with Crippen molar-refractivity contribution in [2.24, 2.45) is 5.73 Å². The maximum absolute atomic E-state index is 12.7. The number of aliphatic hydroxyl groups excluding tert-OH is 1. The lowest BCUT2D eigenvalue weighted by molar-refractivity contribution is 0.0785. The van der Waals surface area contributed by atoms with Crippen molar-refractivity contribution in [3.05, 3.63) is 53.0 Å². The number of anilines is 1. The number of benzene rings is 1. The van der Waals surface area contributed by atoms with Crippen LogP contribution in [0.25, 0.3) is 0 Å². The molecule has 2 fully saturated rings. The number of piperidine rings is 1. The number of aromatic nitrogens is 2. The second-order valence-corrected chi connectivity index (χ2v) is 7.80. The molecular formula is C21H25N5O3. The molecule has 2 amide bonds. The van der Waals surface area contributed by atoms with Crippen LogP contribution in [0.3, 0.4) is 0 Å². The van der Waals surface area contributed by atoms with Crippen LogP contribution in [-0.4, -0.2) is 52.1 Å². The first kappa shape index (κ1) is 19.3. The topological polar surface area (TPSA) is 121 Å². The second kappa shape index (κ2) is 7.79. The van der Waals surface area contributed by atoms with Crippen LogP contribution < -0.4 is 16.0 Å². The molecular weight excluding hydrogens is 370 g/mol. The van der Waals surface area contributed by atoms with Crippen LogP contribution in [-0.2, 0) is 0 Å². The molecule has 1 aliphatic heterocycles. The van der Waals surface area contributed by atoms with Crippen LogP contribution >= 0.6 is 0 Å². The number of hydrogen-bond donors (Lipinski definition) is 3. The van der Waals surface area contributed by atoms with Gasteiger partial charge in [0.25, 0.3) is 11.8 Å². The molecule has 0 radical (unpaired) electrons. The van der Waals surface area contributed by atoms with Crippen LogP contribution in [0.15, 0.2) is 30.5 Å². The van der Waals surface area contributed by atoms with Crippen LogP contribution in [0, 0.1) is 6.92 Å². The number of nitrogens with one attached hydrogen (secondary N) is 1. The molecule has 8 nitrogen and oxygen atoms in total. The Morgan fingerprint density at radius 2 is 1.93 bits per heavy atom. The van der Waals surface area contributed by atoms with E-state index in [0.29, 0.717) is 42.5 Å². The Labute approximate surface area is 169 Å². The molecule has 1 aliphatic carbocycles. The highest BCUT2D eigenvalue weighted by atomic mass is 16.3. The predicted octanol–water partition coefficient (Wildman–Crippen LogP) is 1.13.